The van der Waals surface area contributed by atoms with E-state index in [4.69, 9.17) is 9.26 Å². The van der Waals surface area contributed by atoms with Crippen LogP contribution >= 0.6 is 0 Å². The zero-order chi connectivity index (χ0) is 19.9. The van der Waals surface area contributed by atoms with Gasteiger partial charge in [-0.05, 0) is 12.1 Å². The van der Waals surface area contributed by atoms with Gasteiger partial charge in [0.25, 0.3) is 11.5 Å². The number of aromatic amines is 2. The Morgan fingerprint density at radius 2 is 2.11 bits per heavy atom. The predicted octanol–water partition coefficient (Wildman–Crippen LogP) is 3.36. The van der Waals surface area contributed by atoms with Gasteiger partial charge in [0.2, 0.25) is 17.2 Å². The molecule has 3 aromatic heterocycles. The van der Waals surface area contributed by atoms with Crippen LogP contribution in [-0.2, 0) is 11.6 Å². The van der Waals surface area contributed by atoms with Gasteiger partial charge in [0.05, 0.1) is 11.6 Å². The fourth-order valence-corrected chi connectivity index (χ4v) is 3.13. The highest BCUT2D eigenvalue weighted by atomic mass is 19.3. The van der Waals surface area contributed by atoms with Gasteiger partial charge in [0.15, 0.2) is 12.0 Å². The molecule has 0 unspecified atom stereocenters. The molecule has 1 fully saturated rings. The molecule has 9 heteroatoms. The number of nitrogens with one attached hydrogen (secondary N) is 2. The fourth-order valence-electron chi connectivity index (χ4n) is 3.13. The standard InChI is InChI=1S/C19H16F3N3O3/c1-18(20,21)12-3-4-15(23-10-12)19(22)7-13(8-19)27-17-5-2-11(9-24-17)14-6-16(26)25-28-14/h2-6,9-10,13H,7-8H2,1H3,(H,25,26)/p+1. The van der Waals surface area contributed by atoms with E-state index in [1.54, 1.807) is 12.1 Å². The Hall–Kier alpha value is -3.10. The van der Waals surface area contributed by atoms with Crippen LogP contribution in [0.1, 0.15) is 31.0 Å². The Balaban J connectivity index is 1.38. The summed E-state index contributed by atoms with van der Waals surface area (Å²) in [5, 5.41) is 2.19. The van der Waals surface area contributed by atoms with Crippen LogP contribution in [0.4, 0.5) is 13.2 Å². The van der Waals surface area contributed by atoms with Gasteiger partial charge in [-0.1, -0.05) is 0 Å². The van der Waals surface area contributed by atoms with Gasteiger partial charge in [-0.25, -0.2) is 23.1 Å². The van der Waals surface area contributed by atoms with E-state index in [1.165, 1.54) is 24.4 Å². The van der Waals surface area contributed by atoms with Gasteiger partial charge in [0.1, 0.15) is 6.10 Å². The molecule has 146 valence electrons. The number of rotatable bonds is 5. The van der Waals surface area contributed by atoms with Crippen molar-refractivity contribution in [1.29, 1.82) is 0 Å². The van der Waals surface area contributed by atoms with Crippen LogP contribution in [0, 0.1) is 0 Å². The number of pyridine rings is 2. The summed E-state index contributed by atoms with van der Waals surface area (Å²) in [6, 6.07) is 7.15. The summed E-state index contributed by atoms with van der Waals surface area (Å²) in [6.45, 7) is 0.788. The number of H-pyrrole nitrogens is 2. The van der Waals surface area contributed by atoms with Crippen molar-refractivity contribution in [2.75, 3.05) is 0 Å². The van der Waals surface area contributed by atoms with Gasteiger partial charge < -0.3 is 9.26 Å². The minimum Gasteiger partial charge on any atom is -0.474 e. The first-order valence-corrected chi connectivity index (χ1v) is 8.64. The third kappa shape index (κ3) is 3.51. The van der Waals surface area contributed by atoms with Gasteiger partial charge in [-0.2, -0.15) is 5.16 Å². The van der Waals surface area contributed by atoms with E-state index >= 15 is 0 Å². The third-order valence-electron chi connectivity index (χ3n) is 4.74. The number of hydrogen-bond acceptors (Lipinski definition) is 4. The maximum Gasteiger partial charge on any atom is 0.280 e. The molecule has 1 aliphatic rings. The van der Waals surface area contributed by atoms with E-state index in [1.807, 2.05) is 0 Å². The monoisotopic (exact) mass is 392 g/mol. The normalized spacial score (nSPS) is 21.9. The van der Waals surface area contributed by atoms with Crippen LogP contribution in [0.15, 0.2) is 52.0 Å². The van der Waals surface area contributed by atoms with Gasteiger partial charge in [-0.3, -0.25) is 4.79 Å². The smallest absolute Gasteiger partial charge is 0.280 e. The number of halogens is 3. The van der Waals surface area contributed by atoms with Crippen LogP contribution in [-0.4, -0.2) is 16.2 Å². The highest BCUT2D eigenvalue weighted by molar-refractivity contribution is 5.55. The van der Waals surface area contributed by atoms with Crippen molar-refractivity contribution in [2.24, 2.45) is 0 Å². The minimum absolute atomic E-state index is 0.0848. The lowest BCUT2D eigenvalue weighted by molar-refractivity contribution is -0.411. The topological polar surface area (TPSA) is 82.3 Å². The molecule has 0 amide bonds. The van der Waals surface area contributed by atoms with Crippen LogP contribution in [0.3, 0.4) is 0 Å². The van der Waals surface area contributed by atoms with Crippen molar-refractivity contribution < 1.29 is 27.4 Å². The summed E-state index contributed by atoms with van der Waals surface area (Å²) in [5.74, 6) is -2.31. The van der Waals surface area contributed by atoms with Gasteiger partial charge in [-0.15, -0.1) is 0 Å². The molecule has 0 spiro atoms. The zero-order valence-electron chi connectivity index (χ0n) is 14.8. The van der Waals surface area contributed by atoms with Crippen LogP contribution in [0.5, 0.6) is 5.88 Å². The first-order chi connectivity index (χ1) is 13.2. The van der Waals surface area contributed by atoms with Crippen LogP contribution in [0.2, 0.25) is 0 Å². The largest absolute Gasteiger partial charge is 0.474 e. The molecule has 0 bridgehead atoms. The summed E-state index contributed by atoms with van der Waals surface area (Å²) in [5.41, 5.74) is -1.36. The van der Waals surface area contributed by atoms with E-state index in [0.29, 0.717) is 17.2 Å². The molecule has 3 heterocycles. The Labute approximate surface area is 157 Å². The molecule has 0 aromatic carbocycles. The van der Waals surface area contributed by atoms with Gasteiger partial charge >= 0.3 is 0 Å². The summed E-state index contributed by atoms with van der Waals surface area (Å²) in [6.07, 6.45) is 2.41. The predicted molar refractivity (Wildman–Crippen MR) is 91.6 cm³/mol. The molecule has 1 aliphatic carbocycles. The first kappa shape index (κ1) is 18.3. The van der Waals surface area contributed by atoms with E-state index < -0.39 is 11.6 Å². The minimum atomic E-state index is -2.98. The van der Waals surface area contributed by atoms with Crippen molar-refractivity contribution in [3.05, 3.63) is 64.3 Å². The van der Waals surface area contributed by atoms with Crippen molar-refractivity contribution in [1.82, 2.24) is 10.1 Å². The van der Waals surface area contributed by atoms with Crippen molar-refractivity contribution >= 4 is 0 Å². The number of alkyl halides is 3. The second-order valence-electron chi connectivity index (χ2n) is 6.95. The Morgan fingerprint density at radius 1 is 1.32 bits per heavy atom. The molecule has 0 atom stereocenters. The lowest BCUT2D eigenvalue weighted by atomic mass is 9.76. The average Bonchev–Trinajstić information content (AvgIpc) is 3.07. The lowest BCUT2D eigenvalue weighted by Gasteiger charge is -2.38. The summed E-state index contributed by atoms with van der Waals surface area (Å²) in [4.78, 5) is 17.9. The Bertz CT molecular complexity index is 1020. The van der Waals surface area contributed by atoms with E-state index in [2.05, 4.69) is 15.1 Å². The van der Waals surface area contributed by atoms with Crippen LogP contribution in [0.25, 0.3) is 11.3 Å². The second kappa shape index (κ2) is 6.50. The second-order valence-corrected chi connectivity index (χ2v) is 6.95. The molecule has 2 N–H and O–H groups in total. The lowest BCUT2D eigenvalue weighted by Crippen LogP contribution is -2.47. The maximum atomic E-state index is 14.9. The van der Waals surface area contributed by atoms with E-state index in [9.17, 15) is 18.0 Å². The molecular formula is C19H17F3N3O3+. The molecule has 28 heavy (non-hydrogen) atoms. The molecule has 4 rings (SSSR count). The highest BCUT2D eigenvalue weighted by Crippen LogP contribution is 2.45. The number of ether oxygens (including phenoxy) is 1. The molecule has 1 saturated carbocycles. The molecular weight excluding hydrogens is 375 g/mol. The summed E-state index contributed by atoms with van der Waals surface area (Å²) >= 11 is 0. The number of hydrogen-bond donors (Lipinski definition) is 1. The molecule has 6 nitrogen and oxygen atoms in total. The zero-order valence-corrected chi connectivity index (χ0v) is 14.8. The van der Waals surface area contributed by atoms with E-state index in [-0.39, 0.29) is 35.8 Å². The molecule has 0 aliphatic heterocycles. The molecule has 3 aromatic rings. The molecule has 0 saturated heterocycles. The molecule has 0 radical (unpaired) electrons. The third-order valence-corrected chi connectivity index (χ3v) is 4.74. The Kier molecular flexibility index (Phi) is 4.24. The fraction of sp³-hybridized carbons (Fsp3) is 0.316. The Morgan fingerprint density at radius 3 is 2.64 bits per heavy atom. The van der Waals surface area contributed by atoms with Crippen molar-refractivity contribution in [3.63, 3.8) is 0 Å². The summed E-state index contributed by atoms with van der Waals surface area (Å²) in [7, 11) is 0. The van der Waals surface area contributed by atoms with E-state index in [0.717, 1.165) is 13.1 Å². The first-order valence-electron chi connectivity index (χ1n) is 8.64. The number of aromatic nitrogens is 3. The SMILES string of the molecule is CC(F)(F)c1ccc(C2(F)CC(Oc3ccc(-c4cc(=O)[nH]o4)cn3)C2)[nH+]c1. The average molecular weight is 392 g/mol. The summed E-state index contributed by atoms with van der Waals surface area (Å²) < 4.78 is 52.1. The highest BCUT2D eigenvalue weighted by Gasteiger charge is 2.52. The van der Waals surface area contributed by atoms with Gasteiger partial charge in [0, 0.05) is 43.7 Å². The van der Waals surface area contributed by atoms with Crippen LogP contribution < -0.4 is 15.3 Å². The number of nitrogens with zero attached hydrogens (tertiary/aromatic N) is 1. The quantitative estimate of drug-likeness (QED) is 0.722. The van der Waals surface area contributed by atoms with Crippen molar-refractivity contribution in [3.8, 4) is 17.2 Å². The maximum absolute atomic E-state index is 14.9. The van der Waals surface area contributed by atoms with Crippen molar-refractivity contribution in [2.45, 2.75) is 37.5 Å².